The van der Waals surface area contributed by atoms with Crippen molar-refractivity contribution in [2.45, 2.75) is 32.4 Å². The topological polar surface area (TPSA) is 85.5 Å². The maximum absolute atomic E-state index is 12.9. The van der Waals surface area contributed by atoms with Gasteiger partial charge < -0.3 is 21.3 Å². The van der Waals surface area contributed by atoms with Gasteiger partial charge in [-0.2, -0.15) is 0 Å². The van der Waals surface area contributed by atoms with Crippen molar-refractivity contribution in [3.05, 3.63) is 35.6 Å². The summed E-state index contributed by atoms with van der Waals surface area (Å²) in [6, 6.07) is 4.95. The number of urea groups is 1. The molecule has 3 amide bonds. The lowest BCUT2D eigenvalue weighted by atomic mass is 10.1. The monoisotopic (exact) mass is 379 g/mol. The minimum absolute atomic E-state index is 0.163. The summed E-state index contributed by atoms with van der Waals surface area (Å²) in [6.07, 6.45) is 1.36. The number of carbonyl (C=O) groups excluding carboxylic acids is 2. The third-order valence-corrected chi connectivity index (χ3v) is 4.50. The number of piperazine rings is 1. The normalized spacial score (nSPS) is 15.8. The van der Waals surface area contributed by atoms with Crippen LogP contribution in [0.15, 0.2) is 24.3 Å². The van der Waals surface area contributed by atoms with E-state index < -0.39 is 12.1 Å². The van der Waals surface area contributed by atoms with Gasteiger partial charge in [0, 0.05) is 45.8 Å². The summed E-state index contributed by atoms with van der Waals surface area (Å²) in [5, 5.41) is 11.6. The predicted molar refractivity (Wildman–Crippen MR) is 103 cm³/mol. The largest absolute Gasteiger partial charge is 0.353 e. The average Bonchev–Trinajstić information content (AvgIpc) is 2.68. The summed E-state index contributed by atoms with van der Waals surface area (Å²) in [5.41, 5.74) is 0.791. The SMILES string of the molecule is CCCC(NC(=O)NCc1ccc(F)cc1)C(=O)NCCN1CCNCC1. The van der Waals surface area contributed by atoms with Gasteiger partial charge in [-0.3, -0.25) is 9.69 Å². The molecule has 0 aromatic heterocycles. The predicted octanol–water partition coefficient (Wildman–Crippen LogP) is 0.815. The minimum atomic E-state index is -0.564. The zero-order valence-corrected chi connectivity index (χ0v) is 15.9. The standard InChI is InChI=1S/C19H30FN5O2/c1-2-3-17(18(26)22-10-13-25-11-8-21-9-12-25)24-19(27)23-14-15-4-6-16(20)7-5-15/h4-7,17,21H,2-3,8-14H2,1H3,(H,22,26)(H2,23,24,27). The highest BCUT2D eigenvalue weighted by molar-refractivity contribution is 5.86. The van der Waals surface area contributed by atoms with Crippen molar-refractivity contribution < 1.29 is 14.0 Å². The third kappa shape index (κ3) is 7.92. The second-order valence-corrected chi connectivity index (χ2v) is 6.68. The lowest BCUT2D eigenvalue weighted by Crippen LogP contribution is -2.51. The van der Waals surface area contributed by atoms with Crippen LogP contribution in [0.1, 0.15) is 25.3 Å². The smallest absolute Gasteiger partial charge is 0.315 e. The fourth-order valence-electron chi connectivity index (χ4n) is 2.95. The van der Waals surface area contributed by atoms with Gasteiger partial charge in [-0.15, -0.1) is 0 Å². The van der Waals surface area contributed by atoms with Gasteiger partial charge >= 0.3 is 6.03 Å². The molecule has 1 aromatic carbocycles. The highest BCUT2D eigenvalue weighted by Crippen LogP contribution is 2.02. The van der Waals surface area contributed by atoms with E-state index in [1.165, 1.54) is 12.1 Å². The molecule has 1 fully saturated rings. The Morgan fingerprint density at radius 1 is 1.19 bits per heavy atom. The molecule has 1 aliphatic rings. The number of hydrogen-bond acceptors (Lipinski definition) is 4. The Morgan fingerprint density at radius 3 is 2.56 bits per heavy atom. The summed E-state index contributed by atoms with van der Waals surface area (Å²) in [6.45, 7) is 7.54. The van der Waals surface area contributed by atoms with Crippen LogP contribution in [0.25, 0.3) is 0 Å². The molecule has 7 nitrogen and oxygen atoms in total. The second kappa shape index (κ2) is 11.5. The van der Waals surface area contributed by atoms with Gasteiger partial charge in [0.15, 0.2) is 0 Å². The van der Waals surface area contributed by atoms with Crippen LogP contribution in [0.4, 0.5) is 9.18 Å². The Balaban J connectivity index is 1.72. The van der Waals surface area contributed by atoms with E-state index in [0.717, 1.165) is 44.7 Å². The molecule has 0 aliphatic carbocycles. The van der Waals surface area contributed by atoms with Crippen LogP contribution in [0.5, 0.6) is 0 Å². The molecule has 1 heterocycles. The van der Waals surface area contributed by atoms with Gasteiger partial charge in [-0.25, -0.2) is 9.18 Å². The third-order valence-electron chi connectivity index (χ3n) is 4.50. The van der Waals surface area contributed by atoms with E-state index in [9.17, 15) is 14.0 Å². The van der Waals surface area contributed by atoms with E-state index in [4.69, 9.17) is 0 Å². The maximum atomic E-state index is 12.9. The Kier molecular flexibility index (Phi) is 9.00. The van der Waals surface area contributed by atoms with E-state index in [-0.39, 0.29) is 18.3 Å². The molecule has 8 heteroatoms. The molecule has 0 saturated carbocycles. The van der Waals surface area contributed by atoms with Gasteiger partial charge in [0.1, 0.15) is 11.9 Å². The average molecular weight is 379 g/mol. The van der Waals surface area contributed by atoms with Crippen molar-refractivity contribution in [2.75, 3.05) is 39.3 Å². The van der Waals surface area contributed by atoms with Crippen molar-refractivity contribution in [3.63, 3.8) is 0 Å². The van der Waals surface area contributed by atoms with Crippen LogP contribution in [-0.4, -0.2) is 62.1 Å². The first kappa shape index (κ1) is 21.1. The minimum Gasteiger partial charge on any atom is -0.353 e. The molecule has 1 aromatic rings. The van der Waals surface area contributed by atoms with Crippen LogP contribution < -0.4 is 21.3 Å². The van der Waals surface area contributed by atoms with E-state index in [1.807, 2.05) is 6.92 Å². The quantitative estimate of drug-likeness (QED) is 0.512. The lowest BCUT2D eigenvalue weighted by molar-refractivity contribution is -0.123. The molecule has 0 spiro atoms. The summed E-state index contributed by atoms with van der Waals surface area (Å²) in [5.74, 6) is -0.479. The van der Waals surface area contributed by atoms with Gasteiger partial charge in [0.2, 0.25) is 5.91 Å². The molecule has 0 radical (unpaired) electrons. The number of carbonyl (C=O) groups is 2. The van der Waals surface area contributed by atoms with Crippen molar-refractivity contribution in [1.82, 2.24) is 26.2 Å². The van der Waals surface area contributed by atoms with Gasteiger partial charge in [0.05, 0.1) is 0 Å². The van der Waals surface area contributed by atoms with Crippen molar-refractivity contribution in [3.8, 4) is 0 Å². The number of rotatable bonds is 9. The Labute approximate surface area is 160 Å². The summed E-state index contributed by atoms with van der Waals surface area (Å²) >= 11 is 0. The lowest BCUT2D eigenvalue weighted by Gasteiger charge is -2.27. The number of hydrogen-bond donors (Lipinski definition) is 4. The van der Waals surface area contributed by atoms with E-state index in [0.29, 0.717) is 13.0 Å². The van der Waals surface area contributed by atoms with Crippen molar-refractivity contribution in [2.24, 2.45) is 0 Å². The number of benzene rings is 1. The number of amides is 3. The van der Waals surface area contributed by atoms with E-state index >= 15 is 0 Å². The Morgan fingerprint density at radius 2 is 1.89 bits per heavy atom. The zero-order chi connectivity index (χ0) is 19.5. The summed E-state index contributed by atoms with van der Waals surface area (Å²) < 4.78 is 12.9. The second-order valence-electron chi connectivity index (χ2n) is 6.68. The molecule has 1 atom stereocenters. The number of halogens is 1. The van der Waals surface area contributed by atoms with E-state index in [2.05, 4.69) is 26.2 Å². The molecule has 0 bridgehead atoms. The Hall–Kier alpha value is -2.19. The van der Waals surface area contributed by atoms with Crippen molar-refractivity contribution in [1.29, 1.82) is 0 Å². The molecule has 1 aliphatic heterocycles. The van der Waals surface area contributed by atoms with Crippen LogP contribution in [-0.2, 0) is 11.3 Å². The molecule has 1 saturated heterocycles. The van der Waals surface area contributed by atoms with Crippen molar-refractivity contribution >= 4 is 11.9 Å². The van der Waals surface area contributed by atoms with Crippen LogP contribution >= 0.6 is 0 Å². The first-order chi connectivity index (χ1) is 13.1. The fraction of sp³-hybridized carbons (Fsp3) is 0.579. The fourth-order valence-corrected chi connectivity index (χ4v) is 2.95. The molecule has 1 unspecified atom stereocenters. The molecule has 4 N–H and O–H groups in total. The maximum Gasteiger partial charge on any atom is 0.315 e. The number of nitrogens with one attached hydrogen (secondary N) is 4. The van der Waals surface area contributed by atoms with Gasteiger partial charge in [-0.05, 0) is 24.1 Å². The molecule has 27 heavy (non-hydrogen) atoms. The van der Waals surface area contributed by atoms with Crippen LogP contribution in [0, 0.1) is 5.82 Å². The van der Waals surface area contributed by atoms with Gasteiger partial charge in [-0.1, -0.05) is 25.5 Å². The zero-order valence-electron chi connectivity index (χ0n) is 15.9. The summed E-state index contributed by atoms with van der Waals surface area (Å²) in [4.78, 5) is 26.8. The first-order valence-corrected chi connectivity index (χ1v) is 9.58. The molecular formula is C19H30FN5O2. The summed E-state index contributed by atoms with van der Waals surface area (Å²) in [7, 11) is 0. The number of nitrogens with zero attached hydrogens (tertiary/aromatic N) is 1. The van der Waals surface area contributed by atoms with E-state index in [1.54, 1.807) is 12.1 Å². The first-order valence-electron chi connectivity index (χ1n) is 9.58. The molecule has 150 valence electrons. The van der Waals surface area contributed by atoms with Gasteiger partial charge in [0.25, 0.3) is 0 Å². The molecule has 2 rings (SSSR count). The Bertz CT molecular complexity index is 590. The highest BCUT2D eigenvalue weighted by atomic mass is 19.1. The molecular weight excluding hydrogens is 349 g/mol. The van der Waals surface area contributed by atoms with Crippen LogP contribution in [0.2, 0.25) is 0 Å². The highest BCUT2D eigenvalue weighted by Gasteiger charge is 2.20. The van der Waals surface area contributed by atoms with Crippen LogP contribution in [0.3, 0.4) is 0 Å².